The molecular formula is C21H21N7. The molecule has 0 saturated carbocycles. The van der Waals surface area contributed by atoms with Crippen molar-refractivity contribution in [1.29, 1.82) is 0 Å². The molecule has 4 rings (SSSR count). The lowest BCUT2D eigenvalue weighted by Gasteiger charge is -2.11. The molecule has 2 heterocycles. The topological polar surface area (TPSA) is 71.2 Å². The zero-order chi connectivity index (χ0) is 19.3. The Morgan fingerprint density at radius 1 is 1.04 bits per heavy atom. The zero-order valence-electron chi connectivity index (χ0n) is 15.8. The number of rotatable bonds is 6. The number of nitrogens with one attached hydrogen (secondary N) is 1. The summed E-state index contributed by atoms with van der Waals surface area (Å²) in [6.07, 6.45) is 5.05. The van der Waals surface area contributed by atoms with E-state index in [1.807, 2.05) is 49.1 Å². The van der Waals surface area contributed by atoms with Crippen molar-refractivity contribution in [2.75, 3.05) is 24.4 Å². The van der Waals surface area contributed by atoms with Gasteiger partial charge in [-0.25, -0.2) is 14.6 Å². The first-order chi connectivity index (χ1) is 13.7. The van der Waals surface area contributed by atoms with Gasteiger partial charge in [-0.15, -0.1) is 0 Å². The Kier molecular flexibility index (Phi) is 4.97. The van der Waals surface area contributed by atoms with Gasteiger partial charge in [-0.05, 0) is 23.3 Å². The monoisotopic (exact) mass is 371 g/mol. The standard InChI is InChI=1S/C21H21N7/c1-27(2)18-10-8-16(9-11-18)12-24-26-20-19-13-25-28(21(19)23-15-22-20)14-17-6-4-3-5-7-17/h3-13,15H,14H2,1-2H3,(H,22,23,26). The van der Waals surface area contributed by atoms with Gasteiger partial charge in [0.05, 0.1) is 24.3 Å². The molecule has 7 heteroatoms. The molecule has 0 aliphatic rings. The third-order valence-corrected chi connectivity index (χ3v) is 4.40. The number of benzene rings is 2. The number of aromatic nitrogens is 4. The summed E-state index contributed by atoms with van der Waals surface area (Å²) in [5.41, 5.74) is 7.09. The van der Waals surface area contributed by atoms with Gasteiger partial charge in [0.2, 0.25) is 0 Å². The molecule has 0 spiro atoms. The van der Waals surface area contributed by atoms with Gasteiger partial charge < -0.3 is 4.90 Å². The van der Waals surface area contributed by atoms with Crippen molar-refractivity contribution in [3.05, 3.63) is 78.2 Å². The third-order valence-electron chi connectivity index (χ3n) is 4.40. The lowest BCUT2D eigenvalue weighted by atomic mass is 10.2. The molecule has 0 aliphatic carbocycles. The van der Waals surface area contributed by atoms with Crippen LogP contribution in [0.3, 0.4) is 0 Å². The molecule has 0 unspecified atom stereocenters. The van der Waals surface area contributed by atoms with E-state index in [1.54, 1.807) is 12.4 Å². The van der Waals surface area contributed by atoms with Gasteiger partial charge in [0, 0.05) is 19.8 Å². The lowest BCUT2D eigenvalue weighted by Crippen LogP contribution is -2.08. The molecule has 4 aromatic rings. The molecule has 0 radical (unpaired) electrons. The van der Waals surface area contributed by atoms with Crippen molar-refractivity contribution in [2.45, 2.75) is 6.54 Å². The van der Waals surface area contributed by atoms with Crippen molar-refractivity contribution in [3.63, 3.8) is 0 Å². The van der Waals surface area contributed by atoms with Gasteiger partial charge in [0.15, 0.2) is 11.5 Å². The summed E-state index contributed by atoms with van der Waals surface area (Å²) in [5.74, 6) is 0.630. The van der Waals surface area contributed by atoms with E-state index in [0.717, 1.165) is 22.3 Å². The Bertz CT molecular complexity index is 1080. The van der Waals surface area contributed by atoms with Crippen LogP contribution in [0.4, 0.5) is 11.5 Å². The van der Waals surface area contributed by atoms with Crippen LogP contribution in [-0.2, 0) is 6.54 Å². The molecule has 28 heavy (non-hydrogen) atoms. The summed E-state index contributed by atoms with van der Waals surface area (Å²) in [6.45, 7) is 0.655. The largest absolute Gasteiger partial charge is 0.378 e. The first-order valence-corrected chi connectivity index (χ1v) is 8.97. The number of hydrogen-bond donors (Lipinski definition) is 1. The highest BCUT2D eigenvalue weighted by Crippen LogP contribution is 2.19. The minimum Gasteiger partial charge on any atom is -0.378 e. The van der Waals surface area contributed by atoms with E-state index in [9.17, 15) is 0 Å². The number of anilines is 2. The number of hydrazone groups is 1. The Hall–Kier alpha value is -3.74. The predicted octanol–water partition coefficient (Wildman–Crippen LogP) is 3.39. The second-order valence-corrected chi connectivity index (χ2v) is 6.60. The van der Waals surface area contributed by atoms with E-state index in [0.29, 0.717) is 12.4 Å². The zero-order valence-corrected chi connectivity index (χ0v) is 15.8. The van der Waals surface area contributed by atoms with Crippen molar-refractivity contribution in [2.24, 2.45) is 5.10 Å². The van der Waals surface area contributed by atoms with Gasteiger partial charge in [-0.1, -0.05) is 42.5 Å². The molecule has 0 bridgehead atoms. The summed E-state index contributed by atoms with van der Waals surface area (Å²) in [4.78, 5) is 10.7. The van der Waals surface area contributed by atoms with E-state index in [-0.39, 0.29) is 0 Å². The highest BCUT2D eigenvalue weighted by Gasteiger charge is 2.09. The highest BCUT2D eigenvalue weighted by molar-refractivity contribution is 5.87. The second kappa shape index (κ2) is 7.87. The third kappa shape index (κ3) is 3.83. The molecule has 7 nitrogen and oxygen atoms in total. The SMILES string of the molecule is CN(C)c1ccc(C=NNc2ncnc3c2cnn3Cc2ccccc2)cc1. The molecule has 0 saturated heterocycles. The first-order valence-electron chi connectivity index (χ1n) is 8.97. The van der Waals surface area contributed by atoms with Crippen LogP contribution in [0.25, 0.3) is 11.0 Å². The van der Waals surface area contributed by atoms with E-state index in [1.165, 1.54) is 11.9 Å². The second-order valence-electron chi connectivity index (χ2n) is 6.60. The fraction of sp³-hybridized carbons (Fsp3) is 0.143. The maximum Gasteiger partial charge on any atom is 0.163 e. The molecule has 1 N–H and O–H groups in total. The first kappa shape index (κ1) is 17.7. The summed E-state index contributed by atoms with van der Waals surface area (Å²) in [6, 6.07) is 18.3. The van der Waals surface area contributed by atoms with Crippen molar-refractivity contribution >= 4 is 28.8 Å². The average molecular weight is 371 g/mol. The van der Waals surface area contributed by atoms with Crippen LogP contribution in [0.5, 0.6) is 0 Å². The molecule has 0 aliphatic heterocycles. The molecule has 0 amide bonds. The van der Waals surface area contributed by atoms with Crippen molar-refractivity contribution in [1.82, 2.24) is 19.7 Å². The summed E-state index contributed by atoms with van der Waals surface area (Å²) in [7, 11) is 4.03. The van der Waals surface area contributed by atoms with E-state index in [4.69, 9.17) is 0 Å². The van der Waals surface area contributed by atoms with Crippen LogP contribution in [-0.4, -0.2) is 40.1 Å². The molecule has 2 aromatic carbocycles. The number of hydrogen-bond acceptors (Lipinski definition) is 6. The average Bonchev–Trinajstić information content (AvgIpc) is 3.13. The van der Waals surface area contributed by atoms with E-state index >= 15 is 0 Å². The van der Waals surface area contributed by atoms with E-state index in [2.05, 4.69) is 54.8 Å². The van der Waals surface area contributed by atoms with Gasteiger partial charge in [-0.2, -0.15) is 10.2 Å². The van der Waals surface area contributed by atoms with Crippen molar-refractivity contribution < 1.29 is 0 Å². The summed E-state index contributed by atoms with van der Waals surface area (Å²) < 4.78 is 1.86. The maximum absolute atomic E-state index is 4.46. The fourth-order valence-corrected chi connectivity index (χ4v) is 2.88. The number of nitrogens with zero attached hydrogens (tertiary/aromatic N) is 6. The minimum atomic E-state index is 0.630. The maximum atomic E-state index is 4.46. The Balaban J connectivity index is 1.51. The van der Waals surface area contributed by atoms with Crippen LogP contribution in [0.2, 0.25) is 0 Å². The lowest BCUT2D eigenvalue weighted by molar-refractivity contribution is 0.704. The molecular weight excluding hydrogens is 350 g/mol. The fourth-order valence-electron chi connectivity index (χ4n) is 2.88. The summed E-state index contributed by atoms with van der Waals surface area (Å²) in [5, 5.41) is 9.61. The van der Waals surface area contributed by atoms with Gasteiger partial charge >= 0.3 is 0 Å². The van der Waals surface area contributed by atoms with Crippen LogP contribution in [0.1, 0.15) is 11.1 Å². The Labute approximate surface area is 163 Å². The van der Waals surface area contributed by atoms with Crippen LogP contribution < -0.4 is 10.3 Å². The van der Waals surface area contributed by atoms with E-state index < -0.39 is 0 Å². The smallest absolute Gasteiger partial charge is 0.163 e. The van der Waals surface area contributed by atoms with Crippen LogP contribution in [0.15, 0.2) is 72.2 Å². The quantitative estimate of drug-likeness (QED) is 0.416. The Morgan fingerprint density at radius 3 is 2.57 bits per heavy atom. The van der Waals surface area contributed by atoms with Gasteiger partial charge in [-0.3, -0.25) is 5.43 Å². The van der Waals surface area contributed by atoms with Crippen LogP contribution in [0, 0.1) is 0 Å². The normalized spacial score (nSPS) is 11.2. The highest BCUT2D eigenvalue weighted by atomic mass is 15.3. The summed E-state index contributed by atoms with van der Waals surface area (Å²) >= 11 is 0. The molecule has 140 valence electrons. The molecule has 2 aromatic heterocycles. The molecule has 0 atom stereocenters. The predicted molar refractivity (Wildman–Crippen MR) is 113 cm³/mol. The minimum absolute atomic E-state index is 0.630. The van der Waals surface area contributed by atoms with Crippen molar-refractivity contribution in [3.8, 4) is 0 Å². The van der Waals surface area contributed by atoms with Gasteiger partial charge in [0.25, 0.3) is 0 Å². The van der Waals surface area contributed by atoms with Crippen LogP contribution >= 0.6 is 0 Å². The van der Waals surface area contributed by atoms with Gasteiger partial charge in [0.1, 0.15) is 6.33 Å². The Morgan fingerprint density at radius 2 is 1.82 bits per heavy atom. The number of fused-ring (bicyclic) bond motifs is 1. The molecule has 0 fully saturated rings.